The molecule has 7 heteroatoms. The molecule has 2 aromatic heterocycles. The van der Waals surface area contributed by atoms with E-state index in [1.807, 2.05) is 13.1 Å². The van der Waals surface area contributed by atoms with Crippen LogP contribution in [0.2, 0.25) is 0 Å². The second-order valence-electron chi connectivity index (χ2n) is 5.62. The molecule has 0 spiro atoms. The summed E-state index contributed by atoms with van der Waals surface area (Å²) in [6, 6.07) is 1.95. The Morgan fingerprint density at radius 2 is 2.41 bits per heavy atom. The van der Waals surface area contributed by atoms with Crippen molar-refractivity contribution in [2.45, 2.75) is 32.4 Å². The molecule has 3 rings (SSSR count). The number of aryl methyl sites for hydroxylation is 1. The zero-order valence-corrected chi connectivity index (χ0v) is 12.8. The van der Waals surface area contributed by atoms with Crippen LogP contribution in [0.4, 0.5) is 0 Å². The lowest BCUT2D eigenvalue weighted by Crippen LogP contribution is -2.26. The molecule has 1 atom stereocenters. The number of carbonyl (C=O) groups excluding carboxylic acids is 1. The van der Waals surface area contributed by atoms with E-state index in [9.17, 15) is 4.79 Å². The second-order valence-corrected chi connectivity index (χ2v) is 5.62. The monoisotopic (exact) mass is 300 g/mol. The summed E-state index contributed by atoms with van der Waals surface area (Å²) in [6.07, 6.45) is 5.64. The smallest absolute Gasteiger partial charge is 0.269 e. The number of hydrogen-bond donors (Lipinski definition) is 2. The zero-order chi connectivity index (χ0) is 15.5. The summed E-state index contributed by atoms with van der Waals surface area (Å²) in [6.45, 7) is 3.39. The molecule has 1 fully saturated rings. The maximum Gasteiger partial charge on any atom is 0.269 e. The highest BCUT2D eigenvalue weighted by Crippen LogP contribution is 2.30. The Morgan fingerprint density at radius 3 is 3.09 bits per heavy atom. The number of nitrogens with one attached hydrogen (secondary N) is 2. The summed E-state index contributed by atoms with van der Waals surface area (Å²) in [5.74, 6) is 0.586. The minimum absolute atomic E-state index is 0.177. The minimum atomic E-state index is -0.177. The van der Waals surface area contributed by atoms with Crippen LogP contribution in [0.25, 0.3) is 0 Å². The van der Waals surface area contributed by atoms with Crippen LogP contribution in [0.5, 0.6) is 0 Å². The first-order chi connectivity index (χ1) is 10.6. The van der Waals surface area contributed by atoms with E-state index < -0.39 is 0 Å². The molecule has 0 saturated carbocycles. The normalized spacial score (nSPS) is 18.5. The van der Waals surface area contributed by atoms with Crippen LogP contribution in [0.15, 0.2) is 18.5 Å². The van der Waals surface area contributed by atoms with Crippen LogP contribution in [0.1, 0.15) is 46.5 Å². The third-order valence-electron chi connectivity index (χ3n) is 4.04. The summed E-state index contributed by atoms with van der Waals surface area (Å²) in [4.78, 5) is 23.2. The number of nitrogens with zero attached hydrogens (tertiary/aromatic N) is 4. The van der Waals surface area contributed by atoms with Gasteiger partial charge in [0.15, 0.2) is 0 Å². The van der Waals surface area contributed by atoms with Gasteiger partial charge in [0.2, 0.25) is 0 Å². The van der Waals surface area contributed by atoms with Crippen LogP contribution < -0.4 is 5.32 Å². The van der Waals surface area contributed by atoms with Gasteiger partial charge in [0.05, 0.1) is 11.7 Å². The van der Waals surface area contributed by atoms with E-state index in [4.69, 9.17) is 0 Å². The molecule has 22 heavy (non-hydrogen) atoms. The van der Waals surface area contributed by atoms with Crippen molar-refractivity contribution in [1.29, 1.82) is 0 Å². The van der Waals surface area contributed by atoms with Gasteiger partial charge < -0.3 is 5.32 Å². The lowest BCUT2D eigenvalue weighted by molar-refractivity contribution is 0.0945. The van der Waals surface area contributed by atoms with E-state index in [0.717, 1.165) is 30.0 Å². The predicted molar refractivity (Wildman–Crippen MR) is 81.1 cm³/mol. The molecule has 0 bridgehead atoms. The van der Waals surface area contributed by atoms with Crippen molar-refractivity contribution in [2.75, 3.05) is 13.6 Å². The Kier molecular flexibility index (Phi) is 4.15. The van der Waals surface area contributed by atoms with Crippen molar-refractivity contribution in [2.24, 2.45) is 0 Å². The summed E-state index contributed by atoms with van der Waals surface area (Å²) in [5, 5.41) is 9.33. The van der Waals surface area contributed by atoms with Gasteiger partial charge in [0.25, 0.3) is 5.91 Å². The summed E-state index contributed by atoms with van der Waals surface area (Å²) >= 11 is 0. The molecule has 1 saturated heterocycles. The summed E-state index contributed by atoms with van der Waals surface area (Å²) in [5.41, 5.74) is 2.45. The number of aromatic nitrogens is 4. The molecule has 2 aromatic rings. The lowest BCUT2D eigenvalue weighted by atomic mass is 10.1. The second kappa shape index (κ2) is 6.23. The van der Waals surface area contributed by atoms with E-state index >= 15 is 0 Å². The van der Waals surface area contributed by atoms with E-state index in [0.29, 0.717) is 18.3 Å². The molecule has 0 unspecified atom stereocenters. The first-order valence-corrected chi connectivity index (χ1v) is 7.45. The maximum atomic E-state index is 12.0. The van der Waals surface area contributed by atoms with Gasteiger partial charge in [-0.05, 0) is 39.4 Å². The van der Waals surface area contributed by atoms with Crippen molar-refractivity contribution >= 4 is 5.91 Å². The number of carbonyl (C=O) groups is 1. The molecular formula is C15H20N6O. The molecule has 116 valence electrons. The van der Waals surface area contributed by atoms with Crippen molar-refractivity contribution in [3.05, 3.63) is 41.2 Å². The summed E-state index contributed by atoms with van der Waals surface area (Å²) in [7, 11) is 2.11. The van der Waals surface area contributed by atoms with Gasteiger partial charge in [-0.25, -0.2) is 9.97 Å². The number of likely N-dealkylation sites (tertiary alicyclic amines) is 1. The zero-order valence-electron chi connectivity index (χ0n) is 12.8. The van der Waals surface area contributed by atoms with E-state index in [1.54, 1.807) is 12.3 Å². The molecular weight excluding hydrogens is 280 g/mol. The predicted octanol–water partition coefficient (Wildman–Crippen LogP) is 1.20. The van der Waals surface area contributed by atoms with E-state index in [2.05, 4.69) is 37.4 Å². The Bertz CT molecular complexity index is 654. The Balaban J connectivity index is 1.77. The van der Waals surface area contributed by atoms with Crippen LogP contribution in [-0.2, 0) is 6.54 Å². The standard InChI is InChI=1S/C15H20N6O/c1-10-16-8-11(9-17-15(22)12-5-6-18-20-12)14(19-10)13-4-3-7-21(13)2/h5-6,8,13H,3-4,7,9H2,1-2H3,(H,17,22)(H,18,20)/t13-/m0/s1. The van der Waals surface area contributed by atoms with Crippen molar-refractivity contribution in [1.82, 2.24) is 30.4 Å². The Labute approximate surface area is 129 Å². The van der Waals surface area contributed by atoms with Gasteiger partial charge in [-0.1, -0.05) is 0 Å². The molecule has 1 aliphatic rings. The first kappa shape index (κ1) is 14.6. The molecule has 2 N–H and O–H groups in total. The van der Waals surface area contributed by atoms with Crippen molar-refractivity contribution in [3.63, 3.8) is 0 Å². The Morgan fingerprint density at radius 1 is 1.55 bits per heavy atom. The fraction of sp³-hybridized carbons (Fsp3) is 0.467. The van der Waals surface area contributed by atoms with Gasteiger partial charge in [-0.3, -0.25) is 14.8 Å². The van der Waals surface area contributed by atoms with Gasteiger partial charge in [0.1, 0.15) is 11.5 Å². The number of aromatic amines is 1. The Hall–Kier alpha value is -2.28. The highest BCUT2D eigenvalue weighted by Gasteiger charge is 2.26. The molecule has 0 aliphatic carbocycles. The highest BCUT2D eigenvalue weighted by atomic mass is 16.1. The third-order valence-corrected chi connectivity index (χ3v) is 4.04. The van der Waals surface area contributed by atoms with Gasteiger partial charge in [0, 0.05) is 24.5 Å². The molecule has 0 aromatic carbocycles. The van der Waals surface area contributed by atoms with Crippen molar-refractivity contribution < 1.29 is 4.79 Å². The van der Waals surface area contributed by atoms with Crippen molar-refractivity contribution in [3.8, 4) is 0 Å². The van der Waals surface area contributed by atoms with Crippen LogP contribution in [0.3, 0.4) is 0 Å². The third kappa shape index (κ3) is 2.99. The van der Waals surface area contributed by atoms with Gasteiger partial charge >= 0.3 is 0 Å². The van der Waals surface area contributed by atoms with Crippen LogP contribution in [0, 0.1) is 6.92 Å². The quantitative estimate of drug-likeness (QED) is 0.886. The topological polar surface area (TPSA) is 86.8 Å². The van der Waals surface area contributed by atoms with Gasteiger partial charge in [-0.2, -0.15) is 5.10 Å². The average molecular weight is 300 g/mol. The average Bonchev–Trinajstić information content (AvgIpc) is 3.17. The van der Waals surface area contributed by atoms with E-state index in [-0.39, 0.29) is 5.91 Å². The maximum absolute atomic E-state index is 12.0. The van der Waals surface area contributed by atoms with E-state index in [1.165, 1.54) is 6.42 Å². The number of rotatable bonds is 4. The highest BCUT2D eigenvalue weighted by molar-refractivity contribution is 5.92. The SMILES string of the molecule is Cc1ncc(CNC(=O)c2ccn[nH]2)c([C@@H]2CCCN2C)n1. The minimum Gasteiger partial charge on any atom is -0.347 e. The fourth-order valence-electron chi connectivity index (χ4n) is 2.85. The number of H-pyrrole nitrogens is 1. The van der Waals surface area contributed by atoms with Gasteiger partial charge in [-0.15, -0.1) is 0 Å². The first-order valence-electron chi connectivity index (χ1n) is 7.45. The van der Waals surface area contributed by atoms with Crippen LogP contribution in [-0.4, -0.2) is 44.6 Å². The molecule has 0 radical (unpaired) electrons. The summed E-state index contributed by atoms with van der Waals surface area (Å²) < 4.78 is 0. The fourth-order valence-corrected chi connectivity index (χ4v) is 2.85. The largest absolute Gasteiger partial charge is 0.347 e. The molecule has 3 heterocycles. The molecule has 1 aliphatic heterocycles. The molecule has 1 amide bonds. The lowest BCUT2D eigenvalue weighted by Gasteiger charge is -2.21. The molecule has 7 nitrogen and oxygen atoms in total. The number of hydrogen-bond acceptors (Lipinski definition) is 5. The number of amides is 1. The van der Waals surface area contributed by atoms with Crippen LogP contribution >= 0.6 is 0 Å².